The van der Waals surface area contributed by atoms with Crippen LogP contribution in [-0.4, -0.2) is 19.9 Å². The van der Waals surface area contributed by atoms with Crippen LogP contribution >= 0.6 is 0 Å². The van der Waals surface area contributed by atoms with E-state index >= 15 is 0 Å². The van der Waals surface area contributed by atoms with E-state index < -0.39 is 5.41 Å². The molecule has 0 spiro atoms. The third-order valence-corrected chi connectivity index (χ3v) is 12.1. The first-order valence-electron chi connectivity index (χ1n) is 21.0. The monoisotopic (exact) mass is 792 g/mol. The van der Waals surface area contributed by atoms with E-state index in [-0.39, 0.29) is 0 Å². The molecular weight excluding hydrogens is 753 g/mol. The summed E-state index contributed by atoms with van der Waals surface area (Å²) in [5.41, 5.74) is 17.0. The number of hydrogen-bond donors (Lipinski definition) is 0. The maximum absolute atomic E-state index is 5.41. The van der Waals surface area contributed by atoms with Crippen molar-refractivity contribution in [3.63, 3.8) is 0 Å². The summed E-state index contributed by atoms with van der Waals surface area (Å²) in [4.78, 5) is 20.5. The van der Waals surface area contributed by atoms with Gasteiger partial charge in [0.15, 0.2) is 17.5 Å². The van der Waals surface area contributed by atoms with Crippen LogP contribution in [0.15, 0.2) is 225 Å². The van der Waals surface area contributed by atoms with Gasteiger partial charge in [0, 0.05) is 34.6 Å². The Balaban J connectivity index is 1.22. The average molecular weight is 793 g/mol. The Kier molecular flexibility index (Phi) is 9.24. The molecule has 0 amide bonds. The predicted octanol–water partition coefficient (Wildman–Crippen LogP) is 13.9. The Hall–Kier alpha value is -8.08. The summed E-state index contributed by atoms with van der Waals surface area (Å²) in [6, 6.07) is 75.7. The molecule has 4 nitrogen and oxygen atoms in total. The molecule has 1 aliphatic rings. The van der Waals surface area contributed by atoms with E-state index in [1.54, 1.807) is 0 Å². The summed E-state index contributed by atoms with van der Waals surface area (Å²) < 4.78 is 0. The zero-order chi connectivity index (χ0) is 41.5. The Bertz CT molecular complexity index is 3200. The maximum atomic E-state index is 5.41. The van der Waals surface area contributed by atoms with E-state index in [2.05, 4.69) is 200 Å². The molecule has 62 heavy (non-hydrogen) atoms. The second-order valence-electron chi connectivity index (χ2n) is 15.9. The first-order chi connectivity index (χ1) is 30.6. The molecule has 0 unspecified atom stereocenters. The van der Waals surface area contributed by atoms with E-state index in [0.29, 0.717) is 17.5 Å². The van der Waals surface area contributed by atoms with E-state index in [0.717, 1.165) is 61.2 Å². The van der Waals surface area contributed by atoms with Crippen molar-refractivity contribution in [1.29, 1.82) is 0 Å². The fourth-order valence-electron chi connectivity index (χ4n) is 9.30. The number of pyridine rings is 1. The highest BCUT2D eigenvalue weighted by Gasteiger charge is 2.46. The molecule has 0 saturated carbocycles. The van der Waals surface area contributed by atoms with Crippen molar-refractivity contribution in [2.75, 3.05) is 0 Å². The van der Waals surface area contributed by atoms with Crippen LogP contribution in [0.1, 0.15) is 27.8 Å². The molecule has 0 aliphatic heterocycles. The highest BCUT2D eigenvalue weighted by Crippen LogP contribution is 2.58. The Labute approximate surface area is 362 Å². The molecule has 292 valence electrons. The zero-order valence-electron chi connectivity index (χ0n) is 34.2. The van der Waals surface area contributed by atoms with Gasteiger partial charge in [0.25, 0.3) is 0 Å². The fraction of sp³-hybridized carbons (Fsp3) is 0.0345. The van der Waals surface area contributed by atoms with E-state index in [1.165, 1.54) is 27.8 Å². The second-order valence-corrected chi connectivity index (χ2v) is 15.9. The third kappa shape index (κ3) is 6.41. The van der Waals surface area contributed by atoms with Crippen LogP contribution in [0.2, 0.25) is 0 Å². The Morgan fingerprint density at radius 1 is 0.306 bits per heavy atom. The molecule has 0 atom stereocenters. The van der Waals surface area contributed by atoms with Crippen LogP contribution in [0.3, 0.4) is 0 Å². The molecule has 4 heteroatoms. The number of aromatic nitrogens is 4. The first-order valence-corrected chi connectivity index (χ1v) is 21.0. The van der Waals surface area contributed by atoms with Crippen molar-refractivity contribution >= 4 is 0 Å². The summed E-state index contributed by atoms with van der Waals surface area (Å²) >= 11 is 0. The van der Waals surface area contributed by atoms with Crippen LogP contribution in [0.5, 0.6) is 0 Å². The molecule has 0 fully saturated rings. The number of benzene rings is 8. The van der Waals surface area contributed by atoms with Crippen LogP contribution in [0, 0.1) is 6.92 Å². The van der Waals surface area contributed by atoms with Crippen LogP contribution < -0.4 is 0 Å². The van der Waals surface area contributed by atoms with Gasteiger partial charge in [-0.2, -0.15) is 0 Å². The molecule has 0 radical (unpaired) electrons. The molecule has 0 N–H and O–H groups in total. The Morgan fingerprint density at radius 2 is 0.823 bits per heavy atom. The van der Waals surface area contributed by atoms with Crippen molar-refractivity contribution in [3.8, 4) is 78.7 Å². The lowest BCUT2D eigenvalue weighted by molar-refractivity contribution is 0.769. The summed E-state index contributed by atoms with van der Waals surface area (Å²) in [5, 5.41) is 0. The lowest BCUT2D eigenvalue weighted by Crippen LogP contribution is -2.28. The quantitative estimate of drug-likeness (QED) is 0.154. The van der Waals surface area contributed by atoms with Crippen LogP contribution in [0.4, 0.5) is 0 Å². The van der Waals surface area contributed by atoms with Gasteiger partial charge in [0.2, 0.25) is 0 Å². The average Bonchev–Trinajstić information content (AvgIpc) is 3.64. The van der Waals surface area contributed by atoms with Crippen molar-refractivity contribution in [1.82, 2.24) is 19.9 Å². The number of aryl methyl sites for hydroxylation is 1. The normalized spacial score (nSPS) is 12.4. The second kappa shape index (κ2) is 15.5. The highest BCUT2D eigenvalue weighted by atomic mass is 15.0. The minimum absolute atomic E-state index is 0.586. The van der Waals surface area contributed by atoms with Gasteiger partial charge in [-0.1, -0.05) is 182 Å². The van der Waals surface area contributed by atoms with Gasteiger partial charge in [0.05, 0.1) is 5.41 Å². The largest absolute Gasteiger partial charge is 0.264 e. The Morgan fingerprint density at radius 3 is 1.50 bits per heavy atom. The van der Waals surface area contributed by atoms with Crippen molar-refractivity contribution in [2.24, 2.45) is 0 Å². The van der Waals surface area contributed by atoms with Gasteiger partial charge in [-0.25, -0.2) is 15.0 Å². The summed E-state index contributed by atoms with van der Waals surface area (Å²) in [5.74, 6) is 1.83. The number of nitrogens with zero attached hydrogens (tertiary/aromatic N) is 4. The molecule has 2 heterocycles. The number of rotatable bonds is 8. The van der Waals surface area contributed by atoms with Crippen LogP contribution in [-0.2, 0) is 5.41 Å². The van der Waals surface area contributed by atoms with E-state index in [4.69, 9.17) is 15.0 Å². The molecule has 10 aromatic rings. The lowest BCUT2D eigenvalue weighted by atomic mass is 9.67. The highest BCUT2D eigenvalue weighted by molar-refractivity contribution is 5.94. The van der Waals surface area contributed by atoms with Crippen molar-refractivity contribution in [2.45, 2.75) is 12.3 Å². The minimum atomic E-state index is -0.586. The SMILES string of the molecule is Cc1cncc(-c2cccc(-c3cc4c(cc3-c3nc(-c5ccccc5)nc(-c5cccc(-c6ccccc6)c5)n3)-c3ccccc3C4(c3ccccc3)c3ccccc3)c2)c1. The van der Waals surface area contributed by atoms with Gasteiger partial charge in [-0.05, 0) is 104 Å². The smallest absolute Gasteiger partial charge is 0.164 e. The zero-order valence-corrected chi connectivity index (χ0v) is 34.2. The lowest BCUT2D eigenvalue weighted by Gasteiger charge is -2.34. The van der Waals surface area contributed by atoms with Crippen LogP contribution in [0.25, 0.3) is 78.7 Å². The molecular formula is C58H40N4. The fourth-order valence-corrected chi connectivity index (χ4v) is 9.30. The third-order valence-electron chi connectivity index (χ3n) is 12.1. The topological polar surface area (TPSA) is 51.6 Å². The maximum Gasteiger partial charge on any atom is 0.164 e. The summed E-state index contributed by atoms with van der Waals surface area (Å²) in [6.45, 7) is 2.08. The molecule has 1 aliphatic carbocycles. The van der Waals surface area contributed by atoms with Gasteiger partial charge in [-0.15, -0.1) is 0 Å². The number of fused-ring (bicyclic) bond motifs is 3. The summed E-state index contributed by atoms with van der Waals surface area (Å²) in [6.07, 6.45) is 3.84. The molecule has 0 saturated heterocycles. The van der Waals surface area contributed by atoms with Crippen molar-refractivity contribution in [3.05, 3.63) is 253 Å². The number of hydrogen-bond acceptors (Lipinski definition) is 4. The van der Waals surface area contributed by atoms with E-state index in [1.807, 2.05) is 36.7 Å². The molecule has 8 aromatic carbocycles. The van der Waals surface area contributed by atoms with Gasteiger partial charge >= 0.3 is 0 Å². The van der Waals surface area contributed by atoms with Gasteiger partial charge < -0.3 is 0 Å². The minimum Gasteiger partial charge on any atom is -0.264 e. The molecule has 2 aromatic heterocycles. The van der Waals surface area contributed by atoms with Crippen molar-refractivity contribution < 1.29 is 0 Å². The predicted molar refractivity (Wildman–Crippen MR) is 252 cm³/mol. The van der Waals surface area contributed by atoms with E-state index in [9.17, 15) is 0 Å². The molecule has 0 bridgehead atoms. The molecule has 11 rings (SSSR count). The standard InChI is InChI=1S/C58H40N4/c1-39-32-46(38-59-37-39)43-23-16-24-44(33-43)50-36-54-51(49-30-14-15-31-53(49)58(54,47-26-10-4-11-27-47)48-28-12-5-13-29-48)35-52(50)57-61-55(41-20-8-3-9-21-41)60-56(62-57)45-25-17-22-42(34-45)40-18-6-2-7-19-40/h2-38H,1H3. The van der Waals surface area contributed by atoms with Gasteiger partial charge in [0.1, 0.15) is 0 Å². The first kappa shape index (κ1) is 37.0. The van der Waals surface area contributed by atoms with Gasteiger partial charge in [-0.3, -0.25) is 4.98 Å². The summed E-state index contributed by atoms with van der Waals surface area (Å²) in [7, 11) is 0.